The summed E-state index contributed by atoms with van der Waals surface area (Å²) in [6, 6.07) is 8.08. The molecule has 31 heavy (non-hydrogen) atoms. The molecule has 3 rings (SSSR count). The highest BCUT2D eigenvalue weighted by molar-refractivity contribution is 7.70. The van der Waals surface area contributed by atoms with Gasteiger partial charge in [0.2, 0.25) is 0 Å². The van der Waals surface area contributed by atoms with E-state index in [1.165, 1.54) is 11.3 Å². The molecule has 3 heterocycles. The van der Waals surface area contributed by atoms with Crippen molar-refractivity contribution in [3.8, 4) is 19.5 Å². The minimum absolute atomic E-state index is 0.185. The lowest BCUT2D eigenvalue weighted by molar-refractivity contribution is 0.226. The Morgan fingerprint density at radius 3 is 1.87 bits per heavy atom. The van der Waals surface area contributed by atoms with Gasteiger partial charge < -0.3 is 18.1 Å². The number of hydrogen-bond donors (Lipinski definition) is 0. The highest BCUT2D eigenvalue weighted by atomic mass is 32.1. The molecule has 0 aromatic carbocycles. The average molecular weight is 521 g/mol. The zero-order chi connectivity index (χ0) is 22.5. The van der Waals surface area contributed by atoms with E-state index in [0.29, 0.717) is 4.88 Å². The first-order valence-corrected chi connectivity index (χ1v) is 15.6. The topological polar surface area (TPSA) is 71.1 Å². The minimum atomic E-state index is -3.77. The average Bonchev–Trinajstić information content (AvgIpc) is 3.47. The van der Waals surface area contributed by atoms with Crippen LogP contribution in [0.1, 0.15) is 27.7 Å². The van der Waals surface area contributed by atoms with Crippen molar-refractivity contribution >= 4 is 59.8 Å². The van der Waals surface area contributed by atoms with Gasteiger partial charge in [-0.3, -0.25) is 9.13 Å². The summed E-state index contributed by atoms with van der Waals surface area (Å²) in [5, 5.41) is 4.27. The van der Waals surface area contributed by atoms with E-state index in [1.54, 1.807) is 55.7 Å². The van der Waals surface area contributed by atoms with Crippen molar-refractivity contribution in [1.29, 1.82) is 0 Å². The predicted molar refractivity (Wildman–Crippen MR) is 132 cm³/mol. The standard InChI is InChI=1S/C20H26O6P2S3/c1-5-23-27(21,24-6-2)15-14-30-20(19(15)28(22,25-7-3)26-8-4)18-12-11-17(31-18)16-10-9-13-29-16/h9-14H,5-8H2,1-4H3. The van der Waals surface area contributed by atoms with Gasteiger partial charge in [0.15, 0.2) is 0 Å². The number of hydrogen-bond acceptors (Lipinski definition) is 9. The summed E-state index contributed by atoms with van der Waals surface area (Å²) in [7, 11) is -7.48. The van der Waals surface area contributed by atoms with Gasteiger partial charge in [-0.1, -0.05) is 6.07 Å². The summed E-state index contributed by atoms with van der Waals surface area (Å²) in [6.07, 6.45) is 0. The van der Waals surface area contributed by atoms with Crippen LogP contribution in [0.4, 0.5) is 0 Å². The van der Waals surface area contributed by atoms with Crippen molar-refractivity contribution in [2.24, 2.45) is 0 Å². The van der Waals surface area contributed by atoms with Gasteiger partial charge in [0.05, 0.1) is 41.9 Å². The molecule has 6 nitrogen and oxygen atoms in total. The maximum Gasteiger partial charge on any atom is 0.363 e. The fourth-order valence-corrected chi connectivity index (χ4v) is 11.1. The Bertz CT molecular complexity index is 1050. The molecule has 0 aliphatic rings. The zero-order valence-corrected chi connectivity index (χ0v) is 22.1. The first-order chi connectivity index (χ1) is 14.9. The highest BCUT2D eigenvalue weighted by Crippen LogP contribution is 2.56. The van der Waals surface area contributed by atoms with Crippen LogP contribution in [0.3, 0.4) is 0 Å². The zero-order valence-electron chi connectivity index (χ0n) is 17.9. The van der Waals surface area contributed by atoms with Gasteiger partial charge in [-0.15, -0.1) is 34.0 Å². The third kappa shape index (κ3) is 5.32. The van der Waals surface area contributed by atoms with Crippen LogP contribution in [0.5, 0.6) is 0 Å². The summed E-state index contributed by atoms with van der Waals surface area (Å²) < 4.78 is 50.1. The van der Waals surface area contributed by atoms with Crippen molar-refractivity contribution in [1.82, 2.24) is 0 Å². The summed E-state index contributed by atoms with van der Waals surface area (Å²) in [5.74, 6) is 0. The molecule has 0 saturated carbocycles. The molecule has 0 amide bonds. The van der Waals surface area contributed by atoms with E-state index in [4.69, 9.17) is 18.1 Å². The van der Waals surface area contributed by atoms with Crippen LogP contribution in [0.2, 0.25) is 0 Å². The van der Waals surface area contributed by atoms with Gasteiger partial charge in [-0.25, -0.2) is 0 Å². The van der Waals surface area contributed by atoms with Gasteiger partial charge in [-0.05, 0) is 51.3 Å². The molecule has 11 heteroatoms. The number of thiophene rings is 3. The Hall–Kier alpha value is -0.600. The van der Waals surface area contributed by atoms with E-state index in [2.05, 4.69) is 6.07 Å². The molecule has 0 N–H and O–H groups in total. The Labute approximate surface area is 195 Å². The second-order valence-corrected chi connectivity index (χ2v) is 13.0. The maximum atomic E-state index is 13.9. The van der Waals surface area contributed by atoms with Crippen molar-refractivity contribution < 1.29 is 27.2 Å². The third-order valence-corrected chi connectivity index (χ3v) is 12.3. The predicted octanol–water partition coefficient (Wildman–Crippen LogP) is 6.99. The quantitative estimate of drug-likeness (QED) is 0.240. The van der Waals surface area contributed by atoms with Gasteiger partial charge in [0.25, 0.3) is 0 Å². The number of rotatable bonds is 12. The second-order valence-electron chi connectivity index (χ2n) is 6.11. The minimum Gasteiger partial charge on any atom is -0.305 e. The van der Waals surface area contributed by atoms with Crippen molar-refractivity contribution in [2.75, 3.05) is 26.4 Å². The van der Waals surface area contributed by atoms with E-state index in [-0.39, 0.29) is 37.0 Å². The molecule has 0 spiro atoms. The summed E-state index contributed by atoms with van der Waals surface area (Å²) in [6.45, 7) is 7.75. The van der Waals surface area contributed by atoms with Crippen LogP contribution in [0.25, 0.3) is 19.5 Å². The molecule has 0 fully saturated rings. The molecule has 0 unspecified atom stereocenters. The summed E-state index contributed by atoms with van der Waals surface area (Å²) in [4.78, 5) is 3.86. The highest BCUT2D eigenvalue weighted by Gasteiger charge is 2.42. The van der Waals surface area contributed by atoms with Crippen LogP contribution in [0, 0.1) is 0 Å². The monoisotopic (exact) mass is 520 g/mol. The molecule has 0 aliphatic heterocycles. The molecule has 0 atom stereocenters. The van der Waals surface area contributed by atoms with Gasteiger partial charge in [0.1, 0.15) is 0 Å². The smallest absolute Gasteiger partial charge is 0.305 e. The van der Waals surface area contributed by atoms with E-state index in [1.807, 2.05) is 23.6 Å². The molecular weight excluding hydrogens is 494 g/mol. The van der Waals surface area contributed by atoms with Crippen LogP contribution in [-0.4, -0.2) is 26.4 Å². The largest absolute Gasteiger partial charge is 0.363 e. The fraction of sp³-hybridized carbons (Fsp3) is 0.400. The van der Waals surface area contributed by atoms with E-state index in [9.17, 15) is 9.13 Å². The van der Waals surface area contributed by atoms with E-state index < -0.39 is 15.2 Å². The molecule has 0 saturated heterocycles. The van der Waals surface area contributed by atoms with Crippen molar-refractivity contribution in [3.05, 3.63) is 35.0 Å². The summed E-state index contributed by atoms with van der Waals surface area (Å²) in [5.41, 5.74) is 0. The van der Waals surface area contributed by atoms with Crippen LogP contribution >= 0.6 is 49.2 Å². The lowest BCUT2D eigenvalue weighted by atomic mass is 10.3. The lowest BCUT2D eigenvalue weighted by Crippen LogP contribution is -2.27. The third-order valence-electron chi connectivity index (χ3n) is 4.11. The fourth-order valence-electron chi connectivity index (χ4n) is 3.01. The molecule has 0 bridgehead atoms. The molecule has 3 aromatic rings. The second kappa shape index (κ2) is 11.0. The van der Waals surface area contributed by atoms with Crippen LogP contribution < -0.4 is 10.6 Å². The summed E-state index contributed by atoms with van der Waals surface area (Å²) >= 11 is 4.58. The Kier molecular flexibility index (Phi) is 8.89. The lowest BCUT2D eigenvalue weighted by Gasteiger charge is -2.22. The van der Waals surface area contributed by atoms with Gasteiger partial charge in [0, 0.05) is 20.0 Å². The first-order valence-electron chi connectivity index (χ1n) is 9.97. The van der Waals surface area contributed by atoms with Crippen molar-refractivity contribution in [3.63, 3.8) is 0 Å². The van der Waals surface area contributed by atoms with Crippen molar-refractivity contribution in [2.45, 2.75) is 27.7 Å². The van der Waals surface area contributed by atoms with Gasteiger partial charge in [-0.2, -0.15) is 0 Å². The van der Waals surface area contributed by atoms with E-state index in [0.717, 1.165) is 14.6 Å². The normalized spacial score (nSPS) is 12.5. The molecule has 3 aromatic heterocycles. The van der Waals surface area contributed by atoms with Crippen LogP contribution in [-0.2, 0) is 27.2 Å². The van der Waals surface area contributed by atoms with Crippen LogP contribution in [0.15, 0.2) is 35.0 Å². The Balaban J connectivity index is 2.22. The molecule has 0 aliphatic carbocycles. The maximum absolute atomic E-state index is 13.9. The van der Waals surface area contributed by atoms with E-state index >= 15 is 0 Å². The molecule has 170 valence electrons. The SMILES string of the molecule is CCOP(=O)(OCC)c1csc(-c2ccc(-c3cccs3)s2)c1P(=O)(OCC)OCC. The first kappa shape index (κ1) is 25.0. The molecular formula is C20H26O6P2S3. The molecule has 0 radical (unpaired) electrons. The Morgan fingerprint density at radius 1 is 0.742 bits per heavy atom. The Morgan fingerprint density at radius 2 is 1.32 bits per heavy atom. The van der Waals surface area contributed by atoms with Gasteiger partial charge >= 0.3 is 15.2 Å².